The largest absolute Gasteiger partial charge is 0.273 e. The number of fused-ring (bicyclic) bond motifs is 1. The van der Waals surface area contributed by atoms with Crippen molar-refractivity contribution in [1.82, 2.24) is 24.7 Å². The number of nitrogens with zero attached hydrogens (tertiary/aromatic N) is 5. The summed E-state index contributed by atoms with van der Waals surface area (Å²) in [5.74, 6) is 0.348. The fraction of sp³-hybridized carbons (Fsp3) is 0.111. The van der Waals surface area contributed by atoms with E-state index in [4.69, 9.17) is 4.98 Å². The molecule has 3 heterocycles. The van der Waals surface area contributed by atoms with Gasteiger partial charge < -0.3 is 0 Å². The highest BCUT2D eigenvalue weighted by atomic mass is 32.1. The van der Waals surface area contributed by atoms with Crippen molar-refractivity contribution >= 4 is 23.7 Å². The summed E-state index contributed by atoms with van der Waals surface area (Å²) >= 11 is 4.50. The zero-order valence-corrected chi connectivity index (χ0v) is 14.5. The smallest absolute Gasteiger partial charge is 0.181 e. The molecule has 124 valence electrons. The summed E-state index contributed by atoms with van der Waals surface area (Å²) in [5.41, 5.74) is 3.58. The van der Waals surface area contributed by atoms with Gasteiger partial charge in [-0.1, -0.05) is 0 Å². The Hall–Kier alpha value is -2.80. The van der Waals surface area contributed by atoms with Crippen LogP contribution in [0, 0.1) is 12.7 Å². The second kappa shape index (κ2) is 5.93. The second-order valence-corrected chi connectivity index (χ2v) is 6.24. The Labute approximate surface area is 149 Å². The van der Waals surface area contributed by atoms with Gasteiger partial charge in [0.2, 0.25) is 0 Å². The van der Waals surface area contributed by atoms with E-state index in [1.165, 1.54) is 12.1 Å². The van der Waals surface area contributed by atoms with Gasteiger partial charge in [0.1, 0.15) is 11.6 Å². The predicted molar refractivity (Wildman–Crippen MR) is 96.9 cm³/mol. The Balaban J connectivity index is 2.05. The molecule has 0 aliphatic carbocycles. The quantitative estimate of drug-likeness (QED) is 0.558. The molecule has 0 amide bonds. The van der Waals surface area contributed by atoms with Gasteiger partial charge in [0.05, 0.1) is 11.4 Å². The zero-order chi connectivity index (χ0) is 17.6. The van der Waals surface area contributed by atoms with Crippen molar-refractivity contribution in [3.63, 3.8) is 0 Å². The molecule has 4 rings (SSSR count). The first-order valence-electron chi connectivity index (χ1n) is 7.64. The predicted octanol–water partition coefficient (Wildman–Crippen LogP) is 3.83. The molecule has 0 unspecified atom stereocenters. The summed E-state index contributed by atoms with van der Waals surface area (Å²) in [4.78, 5) is 14.0. The third-order valence-electron chi connectivity index (χ3n) is 3.87. The highest BCUT2D eigenvalue weighted by molar-refractivity contribution is 7.80. The molecule has 0 N–H and O–H groups in total. The van der Waals surface area contributed by atoms with E-state index >= 15 is 0 Å². The van der Waals surface area contributed by atoms with Crippen LogP contribution in [0.2, 0.25) is 0 Å². The molecule has 0 saturated heterocycles. The first-order valence-corrected chi connectivity index (χ1v) is 8.09. The van der Waals surface area contributed by atoms with Gasteiger partial charge in [0.25, 0.3) is 0 Å². The molecule has 0 radical (unpaired) electrons. The summed E-state index contributed by atoms with van der Waals surface area (Å²) in [6.07, 6.45) is 3.56. The highest BCUT2D eigenvalue weighted by Gasteiger charge is 2.16. The third kappa shape index (κ3) is 2.87. The van der Waals surface area contributed by atoms with E-state index in [2.05, 4.69) is 27.7 Å². The summed E-state index contributed by atoms with van der Waals surface area (Å²) < 4.78 is 15.0. The standard InChI is InChI=1S/C18H14FN5S/c1-10-20-8-15(25)17(21-10)14-7-12-9-24(2)23-18(12)22-16(14)11-3-5-13(19)6-4-11/h3-9,25H,1-2H3. The molecule has 0 aliphatic heterocycles. The van der Waals surface area contributed by atoms with E-state index in [1.54, 1.807) is 23.0 Å². The van der Waals surface area contributed by atoms with E-state index in [0.717, 1.165) is 16.5 Å². The molecular formula is C18H14FN5S. The van der Waals surface area contributed by atoms with Gasteiger partial charge in [-0.05, 0) is 37.3 Å². The van der Waals surface area contributed by atoms with Crippen molar-refractivity contribution in [2.45, 2.75) is 11.8 Å². The molecule has 0 aliphatic rings. The number of hydrogen-bond donors (Lipinski definition) is 1. The third-order valence-corrected chi connectivity index (χ3v) is 4.20. The van der Waals surface area contributed by atoms with Crippen LogP contribution in [0.1, 0.15) is 5.82 Å². The number of halogens is 1. The Morgan fingerprint density at radius 3 is 2.60 bits per heavy atom. The SMILES string of the molecule is Cc1ncc(S)c(-c2cc3cn(C)nc3nc2-c2ccc(F)cc2)n1. The Kier molecular flexibility index (Phi) is 3.73. The fourth-order valence-electron chi connectivity index (χ4n) is 2.74. The first-order chi connectivity index (χ1) is 12.0. The molecular weight excluding hydrogens is 337 g/mol. The van der Waals surface area contributed by atoms with Crippen molar-refractivity contribution in [3.8, 4) is 22.5 Å². The maximum atomic E-state index is 13.3. The fourth-order valence-corrected chi connectivity index (χ4v) is 2.97. The number of rotatable bonds is 2. The van der Waals surface area contributed by atoms with Crippen LogP contribution in [0.5, 0.6) is 0 Å². The van der Waals surface area contributed by atoms with Gasteiger partial charge in [-0.2, -0.15) is 5.10 Å². The number of benzene rings is 1. The summed E-state index contributed by atoms with van der Waals surface area (Å²) in [5, 5.41) is 5.27. The molecule has 1 aromatic carbocycles. The number of thiol groups is 1. The highest BCUT2D eigenvalue weighted by Crippen LogP contribution is 2.34. The lowest BCUT2D eigenvalue weighted by Crippen LogP contribution is -1.97. The molecule has 25 heavy (non-hydrogen) atoms. The van der Waals surface area contributed by atoms with E-state index in [0.29, 0.717) is 27.8 Å². The molecule has 4 aromatic rings. The lowest BCUT2D eigenvalue weighted by molar-refractivity contribution is 0.628. The second-order valence-electron chi connectivity index (χ2n) is 5.76. The molecule has 3 aromatic heterocycles. The normalized spacial score (nSPS) is 11.2. The Morgan fingerprint density at radius 1 is 1.08 bits per heavy atom. The van der Waals surface area contributed by atoms with Crippen LogP contribution in [-0.2, 0) is 7.05 Å². The van der Waals surface area contributed by atoms with Gasteiger partial charge in [-0.3, -0.25) is 4.68 Å². The minimum atomic E-state index is -0.294. The van der Waals surface area contributed by atoms with Crippen molar-refractivity contribution in [3.05, 3.63) is 54.4 Å². The van der Waals surface area contributed by atoms with Gasteiger partial charge in [-0.15, -0.1) is 12.6 Å². The molecule has 7 heteroatoms. The van der Waals surface area contributed by atoms with E-state index in [9.17, 15) is 4.39 Å². The zero-order valence-electron chi connectivity index (χ0n) is 13.6. The lowest BCUT2D eigenvalue weighted by Gasteiger charge is -2.11. The average Bonchev–Trinajstić information content (AvgIpc) is 2.96. The van der Waals surface area contributed by atoms with Gasteiger partial charge >= 0.3 is 0 Å². The molecule has 0 bridgehead atoms. The van der Waals surface area contributed by atoms with Crippen LogP contribution in [0.4, 0.5) is 4.39 Å². The minimum Gasteiger partial charge on any atom is -0.273 e. The lowest BCUT2D eigenvalue weighted by atomic mass is 10.0. The minimum absolute atomic E-state index is 0.294. The molecule has 0 saturated carbocycles. The van der Waals surface area contributed by atoms with Crippen LogP contribution in [0.25, 0.3) is 33.5 Å². The summed E-state index contributed by atoms with van der Waals surface area (Å²) in [7, 11) is 1.85. The van der Waals surface area contributed by atoms with Gasteiger partial charge in [0.15, 0.2) is 5.65 Å². The number of pyridine rings is 1. The van der Waals surface area contributed by atoms with Crippen LogP contribution >= 0.6 is 12.6 Å². The molecule has 0 spiro atoms. The summed E-state index contributed by atoms with van der Waals surface area (Å²) in [6.45, 7) is 1.82. The summed E-state index contributed by atoms with van der Waals surface area (Å²) in [6, 6.07) is 8.20. The van der Waals surface area contributed by atoms with E-state index < -0.39 is 0 Å². The molecule has 0 atom stereocenters. The maximum Gasteiger partial charge on any atom is 0.181 e. The van der Waals surface area contributed by atoms with Crippen molar-refractivity contribution in [1.29, 1.82) is 0 Å². The van der Waals surface area contributed by atoms with Crippen LogP contribution in [-0.4, -0.2) is 24.7 Å². The van der Waals surface area contributed by atoms with Crippen LogP contribution in [0.15, 0.2) is 47.6 Å². The topological polar surface area (TPSA) is 56.5 Å². The molecule has 5 nitrogen and oxygen atoms in total. The van der Waals surface area contributed by atoms with E-state index in [1.807, 2.05) is 26.2 Å². The number of aromatic nitrogens is 5. The van der Waals surface area contributed by atoms with Crippen LogP contribution in [0.3, 0.4) is 0 Å². The average molecular weight is 351 g/mol. The van der Waals surface area contributed by atoms with E-state index in [-0.39, 0.29) is 5.82 Å². The van der Waals surface area contributed by atoms with Crippen molar-refractivity contribution in [2.24, 2.45) is 7.05 Å². The van der Waals surface area contributed by atoms with Gasteiger partial charge in [0, 0.05) is 40.8 Å². The number of aryl methyl sites for hydroxylation is 2. The van der Waals surface area contributed by atoms with Crippen molar-refractivity contribution < 1.29 is 4.39 Å². The molecule has 0 fully saturated rings. The number of hydrogen-bond acceptors (Lipinski definition) is 5. The van der Waals surface area contributed by atoms with Crippen molar-refractivity contribution in [2.75, 3.05) is 0 Å². The Morgan fingerprint density at radius 2 is 1.84 bits per heavy atom. The van der Waals surface area contributed by atoms with Crippen LogP contribution < -0.4 is 0 Å². The first kappa shape index (κ1) is 15.7. The monoisotopic (exact) mass is 351 g/mol. The van der Waals surface area contributed by atoms with Gasteiger partial charge in [-0.25, -0.2) is 19.3 Å². The maximum absolute atomic E-state index is 13.3. The Bertz CT molecular complexity index is 1090.